The van der Waals surface area contributed by atoms with Gasteiger partial charge in [-0.2, -0.15) is 0 Å². The van der Waals surface area contributed by atoms with E-state index in [1.807, 2.05) is 6.92 Å². The number of nitrogens with two attached hydrogens (primary N) is 1. The van der Waals surface area contributed by atoms with Crippen molar-refractivity contribution >= 4 is 29.9 Å². The van der Waals surface area contributed by atoms with Crippen molar-refractivity contribution in [3.8, 4) is 5.75 Å². The van der Waals surface area contributed by atoms with E-state index in [1.54, 1.807) is 30.3 Å². The molecular formula is C16H20ClN3O4. The zero-order chi connectivity index (χ0) is 16.7. The van der Waals surface area contributed by atoms with Crippen LogP contribution in [0.4, 0.5) is 5.69 Å². The molecule has 0 fully saturated rings. The van der Waals surface area contributed by atoms with E-state index in [9.17, 15) is 9.59 Å². The van der Waals surface area contributed by atoms with E-state index in [1.165, 1.54) is 6.26 Å². The Labute approximate surface area is 146 Å². The molecule has 0 aliphatic rings. The number of ether oxygens (including phenoxy) is 1. The average Bonchev–Trinajstić information content (AvgIpc) is 3.04. The van der Waals surface area contributed by atoms with E-state index in [-0.39, 0.29) is 37.4 Å². The molecule has 0 spiro atoms. The van der Waals surface area contributed by atoms with Gasteiger partial charge in [0.05, 0.1) is 12.1 Å². The third-order valence-electron chi connectivity index (χ3n) is 2.97. The Kier molecular flexibility index (Phi) is 7.81. The Hall–Kier alpha value is -2.51. The van der Waals surface area contributed by atoms with Gasteiger partial charge in [0.15, 0.2) is 6.61 Å². The molecule has 130 valence electrons. The Morgan fingerprint density at radius 1 is 1.25 bits per heavy atom. The first-order chi connectivity index (χ1) is 11.1. The quantitative estimate of drug-likeness (QED) is 0.705. The summed E-state index contributed by atoms with van der Waals surface area (Å²) in [6.45, 7) is 2.60. The van der Waals surface area contributed by atoms with Crippen LogP contribution in [-0.4, -0.2) is 25.0 Å². The van der Waals surface area contributed by atoms with Crippen LogP contribution >= 0.6 is 12.4 Å². The number of benzene rings is 1. The van der Waals surface area contributed by atoms with Crippen molar-refractivity contribution in [3.63, 3.8) is 0 Å². The number of rotatable bonds is 7. The van der Waals surface area contributed by atoms with Gasteiger partial charge in [-0.05, 0) is 37.3 Å². The Balaban J connectivity index is 0.00000288. The van der Waals surface area contributed by atoms with Crippen LogP contribution < -0.4 is 21.1 Å². The average molecular weight is 354 g/mol. The lowest BCUT2D eigenvalue weighted by atomic mass is 10.2. The number of halogens is 1. The molecule has 0 aliphatic carbocycles. The van der Waals surface area contributed by atoms with Crippen molar-refractivity contribution in [2.45, 2.75) is 13.5 Å². The van der Waals surface area contributed by atoms with Crippen LogP contribution in [0.5, 0.6) is 5.75 Å². The topological polar surface area (TPSA) is 107 Å². The first-order valence-corrected chi connectivity index (χ1v) is 7.20. The first kappa shape index (κ1) is 19.5. The fourth-order valence-electron chi connectivity index (χ4n) is 1.84. The van der Waals surface area contributed by atoms with E-state index in [2.05, 4.69) is 10.6 Å². The summed E-state index contributed by atoms with van der Waals surface area (Å²) < 4.78 is 10.5. The molecule has 0 saturated heterocycles. The van der Waals surface area contributed by atoms with Gasteiger partial charge in [0.2, 0.25) is 0 Å². The molecule has 0 unspecified atom stereocenters. The maximum absolute atomic E-state index is 12.0. The van der Waals surface area contributed by atoms with E-state index >= 15 is 0 Å². The van der Waals surface area contributed by atoms with E-state index < -0.39 is 0 Å². The number of nitrogens with one attached hydrogen (secondary N) is 2. The number of carbonyl (C=O) groups is 2. The highest BCUT2D eigenvalue weighted by Gasteiger charge is 2.10. The Bertz CT molecular complexity index is 670. The summed E-state index contributed by atoms with van der Waals surface area (Å²) in [5, 5.41) is 5.37. The highest BCUT2D eigenvalue weighted by molar-refractivity contribution is 6.04. The van der Waals surface area contributed by atoms with Gasteiger partial charge in [-0.15, -0.1) is 12.4 Å². The Morgan fingerprint density at radius 3 is 2.54 bits per heavy atom. The minimum Gasteiger partial charge on any atom is -0.484 e. The number of carbonyl (C=O) groups excluding carboxylic acids is 2. The van der Waals surface area contributed by atoms with Crippen LogP contribution in [-0.2, 0) is 11.3 Å². The van der Waals surface area contributed by atoms with Crippen molar-refractivity contribution < 1.29 is 18.7 Å². The molecule has 1 aromatic heterocycles. The van der Waals surface area contributed by atoms with Crippen LogP contribution in [0, 0.1) is 0 Å². The molecule has 4 N–H and O–H groups in total. The fraction of sp³-hybridized carbons (Fsp3) is 0.250. The molecule has 0 atom stereocenters. The second kappa shape index (κ2) is 9.59. The summed E-state index contributed by atoms with van der Waals surface area (Å²) in [6, 6.07) is 8.33. The highest BCUT2D eigenvalue weighted by atomic mass is 35.5. The lowest BCUT2D eigenvalue weighted by Crippen LogP contribution is -2.28. The van der Waals surface area contributed by atoms with Crippen LogP contribution in [0.2, 0.25) is 0 Å². The molecule has 7 nitrogen and oxygen atoms in total. The van der Waals surface area contributed by atoms with E-state index in [0.717, 1.165) is 0 Å². The number of anilines is 1. The van der Waals surface area contributed by atoms with E-state index in [4.69, 9.17) is 14.9 Å². The molecular weight excluding hydrogens is 334 g/mol. The number of likely N-dealkylation sites (N-methyl/N-ethyl adjacent to an activating group) is 1. The maximum Gasteiger partial charge on any atom is 0.258 e. The summed E-state index contributed by atoms with van der Waals surface area (Å²) in [6.07, 6.45) is 1.36. The van der Waals surface area contributed by atoms with Gasteiger partial charge < -0.3 is 25.5 Å². The van der Waals surface area contributed by atoms with Gasteiger partial charge in [0.25, 0.3) is 11.8 Å². The maximum atomic E-state index is 12.0. The summed E-state index contributed by atoms with van der Waals surface area (Å²) >= 11 is 0. The summed E-state index contributed by atoms with van der Waals surface area (Å²) in [7, 11) is 0. The normalized spacial score (nSPS) is 9.75. The smallest absolute Gasteiger partial charge is 0.258 e. The van der Waals surface area contributed by atoms with Crippen LogP contribution in [0.15, 0.2) is 41.0 Å². The van der Waals surface area contributed by atoms with E-state index in [0.29, 0.717) is 29.3 Å². The summed E-state index contributed by atoms with van der Waals surface area (Å²) in [5.41, 5.74) is 6.45. The Morgan fingerprint density at radius 2 is 1.96 bits per heavy atom. The standard InChI is InChI=1S/C16H19N3O4.ClH/c1-2-18-15(20)10-23-13-5-3-12(4-6-13)19-16(21)11-7-14(8-17)22-9-11;/h3-7,9H,2,8,10,17H2,1H3,(H,18,20)(H,19,21);1H. The molecule has 2 rings (SSSR count). The van der Waals surface area contributed by atoms with Crippen LogP contribution in [0.3, 0.4) is 0 Å². The molecule has 1 heterocycles. The molecule has 0 bridgehead atoms. The van der Waals surface area contributed by atoms with Gasteiger partial charge in [-0.1, -0.05) is 0 Å². The number of amides is 2. The minimum atomic E-state index is -0.288. The molecule has 8 heteroatoms. The summed E-state index contributed by atoms with van der Waals surface area (Å²) in [4.78, 5) is 23.3. The predicted molar refractivity (Wildman–Crippen MR) is 92.4 cm³/mol. The van der Waals surface area contributed by atoms with Crippen molar-refractivity contribution in [1.82, 2.24) is 5.32 Å². The molecule has 2 amide bonds. The lowest BCUT2D eigenvalue weighted by Gasteiger charge is -2.07. The van der Waals surface area contributed by atoms with Gasteiger partial charge in [0.1, 0.15) is 17.8 Å². The van der Waals surface area contributed by atoms with Gasteiger partial charge >= 0.3 is 0 Å². The second-order valence-corrected chi connectivity index (χ2v) is 4.73. The van der Waals surface area contributed by atoms with Crippen molar-refractivity contribution in [2.75, 3.05) is 18.5 Å². The molecule has 1 aromatic carbocycles. The minimum absolute atomic E-state index is 0. The highest BCUT2D eigenvalue weighted by Crippen LogP contribution is 2.17. The molecule has 24 heavy (non-hydrogen) atoms. The molecule has 2 aromatic rings. The fourth-order valence-corrected chi connectivity index (χ4v) is 1.84. The number of furan rings is 1. The van der Waals surface area contributed by atoms with Crippen LogP contribution in [0.25, 0.3) is 0 Å². The zero-order valence-electron chi connectivity index (χ0n) is 13.2. The largest absolute Gasteiger partial charge is 0.484 e. The second-order valence-electron chi connectivity index (χ2n) is 4.73. The van der Waals surface area contributed by atoms with Crippen molar-refractivity contribution in [3.05, 3.63) is 47.9 Å². The van der Waals surface area contributed by atoms with Gasteiger partial charge in [-0.3, -0.25) is 9.59 Å². The number of hydrogen-bond donors (Lipinski definition) is 3. The summed E-state index contributed by atoms with van der Waals surface area (Å²) in [5.74, 6) is 0.622. The molecule has 0 saturated carbocycles. The number of hydrogen-bond acceptors (Lipinski definition) is 5. The predicted octanol–water partition coefficient (Wildman–Crippen LogP) is 1.93. The lowest BCUT2D eigenvalue weighted by molar-refractivity contribution is -0.122. The SMILES string of the molecule is CCNC(=O)COc1ccc(NC(=O)c2coc(CN)c2)cc1.Cl. The zero-order valence-corrected chi connectivity index (χ0v) is 14.0. The molecule has 0 aliphatic heterocycles. The first-order valence-electron chi connectivity index (χ1n) is 7.20. The van der Waals surface area contributed by atoms with Crippen molar-refractivity contribution in [2.24, 2.45) is 5.73 Å². The molecule has 0 radical (unpaired) electrons. The third kappa shape index (κ3) is 5.60. The van der Waals surface area contributed by atoms with Crippen molar-refractivity contribution in [1.29, 1.82) is 0 Å². The monoisotopic (exact) mass is 353 g/mol. The van der Waals surface area contributed by atoms with Gasteiger partial charge in [0, 0.05) is 12.2 Å². The van der Waals surface area contributed by atoms with Gasteiger partial charge in [-0.25, -0.2) is 0 Å². The third-order valence-corrected chi connectivity index (χ3v) is 2.97. The van der Waals surface area contributed by atoms with Crippen LogP contribution in [0.1, 0.15) is 23.0 Å².